The maximum atomic E-state index is 4.39. The standard InChI is InChI=1S/C14H17N3/c1-14(2)10-12(14)16-13-15-8-9-17(13)11-6-4-3-5-7-11/h3-9,12H,10H2,1-2H3,(H,15,16). The maximum absolute atomic E-state index is 4.39. The molecule has 1 unspecified atom stereocenters. The number of benzene rings is 1. The lowest BCUT2D eigenvalue weighted by Gasteiger charge is -2.10. The van der Waals surface area contributed by atoms with Crippen LogP contribution in [0.25, 0.3) is 5.69 Å². The van der Waals surface area contributed by atoms with Gasteiger partial charge in [0.25, 0.3) is 0 Å². The summed E-state index contributed by atoms with van der Waals surface area (Å²) < 4.78 is 2.09. The Balaban J connectivity index is 1.85. The first-order valence-electron chi connectivity index (χ1n) is 6.02. The molecule has 0 saturated heterocycles. The van der Waals surface area contributed by atoms with Gasteiger partial charge in [-0.25, -0.2) is 4.98 Å². The molecular weight excluding hydrogens is 210 g/mol. The highest BCUT2D eigenvalue weighted by Crippen LogP contribution is 2.46. The average molecular weight is 227 g/mol. The molecule has 1 aromatic carbocycles. The minimum Gasteiger partial charge on any atom is -0.352 e. The zero-order valence-electron chi connectivity index (χ0n) is 10.2. The smallest absolute Gasteiger partial charge is 0.207 e. The van der Waals surface area contributed by atoms with E-state index in [1.165, 1.54) is 6.42 Å². The lowest BCUT2D eigenvalue weighted by atomic mass is 10.2. The third kappa shape index (κ3) is 1.93. The van der Waals surface area contributed by atoms with Gasteiger partial charge in [-0.3, -0.25) is 4.57 Å². The molecule has 17 heavy (non-hydrogen) atoms. The number of aromatic nitrogens is 2. The summed E-state index contributed by atoms with van der Waals surface area (Å²) in [6.45, 7) is 4.56. The first-order valence-corrected chi connectivity index (χ1v) is 6.02. The van der Waals surface area contributed by atoms with Gasteiger partial charge in [-0.05, 0) is 24.0 Å². The molecule has 3 heteroatoms. The van der Waals surface area contributed by atoms with Crippen LogP contribution in [0.3, 0.4) is 0 Å². The normalized spacial score (nSPS) is 21.2. The van der Waals surface area contributed by atoms with Crippen molar-refractivity contribution in [3.63, 3.8) is 0 Å². The Hall–Kier alpha value is -1.77. The third-order valence-electron chi connectivity index (χ3n) is 3.49. The van der Waals surface area contributed by atoms with Crippen molar-refractivity contribution in [2.45, 2.75) is 26.3 Å². The van der Waals surface area contributed by atoms with Crippen molar-refractivity contribution in [2.75, 3.05) is 5.32 Å². The van der Waals surface area contributed by atoms with E-state index in [0.29, 0.717) is 11.5 Å². The second-order valence-electron chi connectivity index (χ2n) is 5.35. The number of nitrogens with zero attached hydrogens (tertiary/aromatic N) is 2. The van der Waals surface area contributed by atoms with Crippen LogP contribution in [0.5, 0.6) is 0 Å². The molecule has 1 atom stereocenters. The second kappa shape index (κ2) is 3.62. The van der Waals surface area contributed by atoms with Gasteiger partial charge in [0.05, 0.1) is 0 Å². The quantitative estimate of drug-likeness (QED) is 0.873. The number of hydrogen-bond donors (Lipinski definition) is 1. The molecule has 2 aromatic rings. The van der Waals surface area contributed by atoms with Crippen LogP contribution in [0.2, 0.25) is 0 Å². The van der Waals surface area contributed by atoms with Crippen molar-refractivity contribution >= 4 is 5.95 Å². The first-order chi connectivity index (χ1) is 8.17. The Kier molecular flexibility index (Phi) is 2.21. The van der Waals surface area contributed by atoms with E-state index in [1.54, 1.807) is 0 Å². The van der Waals surface area contributed by atoms with Gasteiger partial charge in [0.15, 0.2) is 0 Å². The SMILES string of the molecule is CC1(C)CC1Nc1nccn1-c1ccccc1. The van der Waals surface area contributed by atoms with Crippen LogP contribution in [0.15, 0.2) is 42.7 Å². The number of anilines is 1. The van der Waals surface area contributed by atoms with Crippen molar-refractivity contribution in [1.29, 1.82) is 0 Å². The molecule has 88 valence electrons. The monoisotopic (exact) mass is 227 g/mol. The summed E-state index contributed by atoms with van der Waals surface area (Å²) in [5.41, 5.74) is 1.55. The number of para-hydroxylation sites is 1. The molecule has 1 N–H and O–H groups in total. The molecule has 3 rings (SSSR count). The van der Waals surface area contributed by atoms with E-state index in [0.717, 1.165) is 11.6 Å². The first kappa shape index (κ1) is 10.4. The Morgan fingerprint density at radius 3 is 2.65 bits per heavy atom. The van der Waals surface area contributed by atoms with Gasteiger partial charge in [-0.15, -0.1) is 0 Å². The van der Waals surface area contributed by atoms with E-state index in [9.17, 15) is 0 Å². The van der Waals surface area contributed by atoms with Gasteiger partial charge in [-0.1, -0.05) is 32.0 Å². The largest absolute Gasteiger partial charge is 0.352 e. The Morgan fingerprint density at radius 1 is 1.29 bits per heavy atom. The van der Waals surface area contributed by atoms with Crippen LogP contribution < -0.4 is 5.32 Å². The Bertz CT molecular complexity index is 513. The van der Waals surface area contributed by atoms with Crippen LogP contribution in [-0.4, -0.2) is 15.6 Å². The van der Waals surface area contributed by atoms with Crippen molar-refractivity contribution in [3.05, 3.63) is 42.7 Å². The van der Waals surface area contributed by atoms with E-state index in [-0.39, 0.29) is 0 Å². The molecule has 0 aliphatic heterocycles. The molecule has 1 fully saturated rings. The van der Waals surface area contributed by atoms with Crippen LogP contribution in [-0.2, 0) is 0 Å². The van der Waals surface area contributed by atoms with Gasteiger partial charge in [0.2, 0.25) is 5.95 Å². The predicted molar refractivity (Wildman–Crippen MR) is 69.4 cm³/mol. The van der Waals surface area contributed by atoms with Crippen LogP contribution in [0.4, 0.5) is 5.95 Å². The molecule has 1 heterocycles. The highest BCUT2D eigenvalue weighted by Gasteiger charge is 2.46. The van der Waals surface area contributed by atoms with Crippen LogP contribution in [0.1, 0.15) is 20.3 Å². The molecule has 1 aliphatic rings. The Morgan fingerprint density at radius 2 is 2.00 bits per heavy atom. The summed E-state index contributed by atoms with van der Waals surface area (Å²) in [4.78, 5) is 4.39. The van der Waals surface area contributed by atoms with Gasteiger partial charge in [-0.2, -0.15) is 0 Å². The summed E-state index contributed by atoms with van der Waals surface area (Å²) >= 11 is 0. The summed E-state index contributed by atoms with van der Waals surface area (Å²) in [6, 6.07) is 10.8. The molecule has 1 saturated carbocycles. The third-order valence-corrected chi connectivity index (χ3v) is 3.49. The van der Waals surface area contributed by atoms with Gasteiger partial charge < -0.3 is 5.32 Å². The number of imidazole rings is 1. The second-order valence-corrected chi connectivity index (χ2v) is 5.35. The zero-order valence-corrected chi connectivity index (χ0v) is 10.2. The van der Waals surface area contributed by atoms with E-state index >= 15 is 0 Å². The highest BCUT2D eigenvalue weighted by atomic mass is 15.2. The van der Waals surface area contributed by atoms with E-state index in [1.807, 2.05) is 30.6 Å². The summed E-state index contributed by atoms with van der Waals surface area (Å²) in [5.74, 6) is 0.937. The van der Waals surface area contributed by atoms with E-state index in [4.69, 9.17) is 0 Å². The number of nitrogens with one attached hydrogen (secondary N) is 1. The van der Waals surface area contributed by atoms with Crippen LogP contribution in [0, 0.1) is 5.41 Å². The van der Waals surface area contributed by atoms with Gasteiger partial charge in [0.1, 0.15) is 0 Å². The number of rotatable bonds is 3. The molecule has 1 aromatic heterocycles. The zero-order chi connectivity index (χ0) is 11.9. The lowest BCUT2D eigenvalue weighted by molar-refractivity contribution is 0.628. The van der Waals surface area contributed by atoms with Crippen molar-refractivity contribution < 1.29 is 0 Å². The van der Waals surface area contributed by atoms with Gasteiger partial charge >= 0.3 is 0 Å². The van der Waals surface area contributed by atoms with E-state index in [2.05, 4.69) is 40.8 Å². The van der Waals surface area contributed by atoms with Crippen molar-refractivity contribution in [3.8, 4) is 5.69 Å². The van der Waals surface area contributed by atoms with E-state index < -0.39 is 0 Å². The molecule has 0 radical (unpaired) electrons. The maximum Gasteiger partial charge on any atom is 0.207 e. The fraction of sp³-hybridized carbons (Fsp3) is 0.357. The lowest BCUT2D eigenvalue weighted by Crippen LogP contribution is -2.12. The Labute approximate surface area is 101 Å². The molecule has 0 bridgehead atoms. The molecule has 1 aliphatic carbocycles. The van der Waals surface area contributed by atoms with Gasteiger partial charge in [0, 0.05) is 24.1 Å². The molecule has 0 spiro atoms. The summed E-state index contributed by atoms with van der Waals surface area (Å²) in [5, 5.41) is 3.51. The highest BCUT2D eigenvalue weighted by molar-refractivity contribution is 5.43. The fourth-order valence-corrected chi connectivity index (χ4v) is 2.08. The molecule has 0 amide bonds. The minimum absolute atomic E-state index is 0.410. The molecule has 3 nitrogen and oxygen atoms in total. The summed E-state index contributed by atoms with van der Waals surface area (Å²) in [7, 11) is 0. The number of hydrogen-bond acceptors (Lipinski definition) is 2. The topological polar surface area (TPSA) is 29.9 Å². The average Bonchev–Trinajstić information content (AvgIpc) is 2.76. The fourth-order valence-electron chi connectivity index (χ4n) is 2.08. The summed E-state index contributed by atoms with van der Waals surface area (Å²) in [6.07, 6.45) is 5.05. The van der Waals surface area contributed by atoms with Crippen molar-refractivity contribution in [1.82, 2.24) is 9.55 Å². The minimum atomic E-state index is 0.410. The van der Waals surface area contributed by atoms with Crippen LogP contribution >= 0.6 is 0 Å². The predicted octanol–water partition coefficient (Wildman–Crippen LogP) is 3.08. The molecular formula is C14H17N3. The van der Waals surface area contributed by atoms with Crippen molar-refractivity contribution in [2.24, 2.45) is 5.41 Å².